The Labute approximate surface area is 232 Å². The number of alkyl halides is 1. The molecule has 3 heterocycles. The lowest BCUT2D eigenvalue weighted by Crippen LogP contribution is -2.45. The molecule has 5 rings (SSSR count). The molecule has 12 heteroatoms. The third kappa shape index (κ3) is 6.42. The minimum atomic E-state index is -0.132. The van der Waals surface area contributed by atoms with Gasteiger partial charge in [0.2, 0.25) is 11.9 Å². The number of phenolic OH excluding ortho intramolecular Hbond substituents is 1. The lowest BCUT2D eigenvalue weighted by Gasteiger charge is -2.29. The molecule has 1 aliphatic rings. The van der Waals surface area contributed by atoms with Crippen LogP contribution in [0.3, 0.4) is 0 Å². The van der Waals surface area contributed by atoms with E-state index in [1.165, 1.54) is 0 Å². The second kappa shape index (κ2) is 11.5. The molecule has 1 amide bonds. The minimum absolute atomic E-state index is 0.132. The van der Waals surface area contributed by atoms with Crippen LogP contribution < -0.4 is 15.4 Å². The molecule has 0 spiro atoms. The zero-order valence-electron chi connectivity index (χ0n) is 19.8. The van der Waals surface area contributed by atoms with Crippen molar-refractivity contribution in [3.63, 3.8) is 0 Å². The molecule has 0 atom stereocenters. The summed E-state index contributed by atoms with van der Waals surface area (Å²) in [7, 11) is 0. The van der Waals surface area contributed by atoms with Gasteiger partial charge in [-0.2, -0.15) is 0 Å². The predicted octanol–water partition coefficient (Wildman–Crippen LogP) is 4.78. The standard InChI is InChI=1S/C25H25ClIN7O3/c26-33-11-9-32(10-12-33)15-24(36)31-23-14-20(7-8-28-23)37-19-5-6-22-21(13-19)30-25(34(22)16-27)29-17-1-3-18(35)4-2-17/h1-8,13-14,35H,9-12,15-16H2,(H,29,30)(H,28,31,36). The number of pyridine rings is 1. The highest BCUT2D eigenvalue weighted by Gasteiger charge is 2.18. The number of piperazine rings is 1. The van der Waals surface area contributed by atoms with E-state index in [-0.39, 0.29) is 18.2 Å². The van der Waals surface area contributed by atoms with Gasteiger partial charge in [0.25, 0.3) is 0 Å². The molecule has 0 radical (unpaired) electrons. The first-order valence-electron chi connectivity index (χ1n) is 11.7. The third-order valence-electron chi connectivity index (χ3n) is 5.88. The van der Waals surface area contributed by atoms with E-state index in [0.717, 1.165) is 42.9 Å². The molecular formula is C25H25ClIN7O3. The first-order valence-corrected chi connectivity index (χ1v) is 13.5. The minimum Gasteiger partial charge on any atom is -0.508 e. The number of imidazole rings is 1. The molecule has 0 bridgehead atoms. The first kappa shape index (κ1) is 25.5. The first-order chi connectivity index (χ1) is 18.0. The van der Waals surface area contributed by atoms with E-state index in [4.69, 9.17) is 21.5 Å². The normalized spacial score (nSPS) is 14.5. The van der Waals surface area contributed by atoms with E-state index in [1.54, 1.807) is 47.0 Å². The van der Waals surface area contributed by atoms with Crippen LogP contribution in [-0.2, 0) is 9.35 Å². The summed E-state index contributed by atoms with van der Waals surface area (Å²) < 4.78 is 10.5. The Kier molecular flexibility index (Phi) is 7.93. The van der Waals surface area contributed by atoms with Gasteiger partial charge in [0.05, 0.1) is 22.1 Å². The highest BCUT2D eigenvalue weighted by atomic mass is 127. The number of hydrogen-bond donors (Lipinski definition) is 3. The number of amides is 1. The Hall–Kier alpha value is -3.13. The number of hydrogen-bond acceptors (Lipinski definition) is 8. The second-order valence-corrected chi connectivity index (χ2v) is 9.68. The van der Waals surface area contributed by atoms with Gasteiger partial charge in [-0.25, -0.2) is 14.4 Å². The summed E-state index contributed by atoms with van der Waals surface area (Å²) in [6.07, 6.45) is 1.60. The Morgan fingerprint density at radius 1 is 1.05 bits per heavy atom. The highest BCUT2D eigenvalue weighted by Crippen LogP contribution is 2.30. The topological polar surface area (TPSA) is 108 Å². The van der Waals surface area contributed by atoms with Gasteiger partial charge in [0, 0.05) is 50.2 Å². The fourth-order valence-electron chi connectivity index (χ4n) is 4.01. The average Bonchev–Trinajstić information content (AvgIpc) is 3.23. The van der Waals surface area contributed by atoms with E-state index in [0.29, 0.717) is 27.8 Å². The van der Waals surface area contributed by atoms with Crippen LogP contribution >= 0.6 is 34.4 Å². The number of carbonyl (C=O) groups excluding carboxylic acids is 1. The molecule has 0 saturated carbocycles. The molecule has 1 aliphatic heterocycles. The number of anilines is 3. The second-order valence-electron chi connectivity index (χ2n) is 8.52. The van der Waals surface area contributed by atoms with Gasteiger partial charge in [0.1, 0.15) is 23.1 Å². The zero-order chi connectivity index (χ0) is 25.8. The van der Waals surface area contributed by atoms with Crippen LogP contribution in [0.15, 0.2) is 60.8 Å². The summed E-state index contributed by atoms with van der Waals surface area (Å²) in [4.78, 5) is 23.5. The molecule has 10 nitrogen and oxygen atoms in total. The number of aromatic nitrogens is 3. The van der Waals surface area contributed by atoms with E-state index in [9.17, 15) is 9.90 Å². The van der Waals surface area contributed by atoms with Crippen molar-refractivity contribution >= 4 is 68.8 Å². The van der Waals surface area contributed by atoms with Gasteiger partial charge in [-0.1, -0.05) is 22.6 Å². The molecule has 0 unspecified atom stereocenters. The van der Waals surface area contributed by atoms with Gasteiger partial charge in [0.15, 0.2) is 0 Å². The van der Waals surface area contributed by atoms with Gasteiger partial charge >= 0.3 is 0 Å². The summed E-state index contributed by atoms with van der Waals surface area (Å²) in [6.45, 7) is 3.23. The van der Waals surface area contributed by atoms with Gasteiger partial charge in [-0.15, -0.1) is 0 Å². The summed E-state index contributed by atoms with van der Waals surface area (Å²) in [5, 5.41) is 15.7. The van der Waals surface area contributed by atoms with Crippen molar-refractivity contribution in [3.8, 4) is 17.2 Å². The zero-order valence-corrected chi connectivity index (χ0v) is 22.7. The largest absolute Gasteiger partial charge is 0.508 e. The number of benzene rings is 2. The Morgan fingerprint density at radius 3 is 2.57 bits per heavy atom. The smallest absolute Gasteiger partial charge is 0.239 e. The maximum Gasteiger partial charge on any atom is 0.239 e. The van der Waals surface area contributed by atoms with Crippen LogP contribution in [0.4, 0.5) is 17.5 Å². The Balaban J connectivity index is 1.27. The molecule has 1 saturated heterocycles. The number of fused-ring (bicyclic) bond motifs is 1. The van der Waals surface area contributed by atoms with Crippen molar-refractivity contribution in [3.05, 3.63) is 60.8 Å². The quantitative estimate of drug-likeness (QED) is 0.110. The highest BCUT2D eigenvalue weighted by molar-refractivity contribution is 14.1. The summed E-state index contributed by atoms with van der Waals surface area (Å²) >= 11 is 8.27. The average molecular weight is 634 g/mol. The predicted molar refractivity (Wildman–Crippen MR) is 152 cm³/mol. The molecular weight excluding hydrogens is 609 g/mol. The van der Waals surface area contributed by atoms with E-state index in [2.05, 4.69) is 47.7 Å². The number of phenols is 1. The molecule has 4 aromatic rings. The van der Waals surface area contributed by atoms with E-state index in [1.807, 2.05) is 18.2 Å². The number of nitrogens with zero attached hydrogens (tertiary/aromatic N) is 5. The van der Waals surface area contributed by atoms with Crippen LogP contribution in [0.5, 0.6) is 17.2 Å². The van der Waals surface area contributed by atoms with Crippen molar-refractivity contribution in [1.82, 2.24) is 23.9 Å². The van der Waals surface area contributed by atoms with Crippen LogP contribution in [0.25, 0.3) is 11.0 Å². The van der Waals surface area contributed by atoms with Crippen molar-refractivity contribution in [2.24, 2.45) is 0 Å². The Morgan fingerprint density at radius 2 is 1.81 bits per heavy atom. The van der Waals surface area contributed by atoms with Crippen molar-refractivity contribution in [2.75, 3.05) is 43.4 Å². The number of halogens is 2. The van der Waals surface area contributed by atoms with Crippen LogP contribution in [-0.4, -0.2) is 67.6 Å². The maximum atomic E-state index is 12.5. The molecule has 37 heavy (non-hydrogen) atoms. The van der Waals surface area contributed by atoms with E-state index < -0.39 is 0 Å². The summed E-state index contributed by atoms with van der Waals surface area (Å²) in [6, 6.07) is 16.0. The van der Waals surface area contributed by atoms with Crippen LogP contribution in [0.1, 0.15) is 0 Å². The molecule has 2 aromatic carbocycles. The van der Waals surface area contributed by atoms with Crippen LogP contribution in [0, 0.1) is 0 Å². The number of nitrogens with one attached hydrogen (secondary N) is 2. The number of rotatable bonds is 8. The molecule has 1 fully saturated rings. The molecule has 192 valence electrons. The van der Waals surface area contributed by atoms with Crippen molar-refractivity contribution in [1.29, 1.82) is 0 Å². The number of aromatic hydroxyl groups is 1. The molecule has 0 aliphatic carbocycles. The fraction of sp³-hybridized carbons (Fsp3) is 0.240. The van der Waals surface area contributed by atoms with Gasteiger partial charge in [-0.05, 0) is 54.2 Å². The Bertz CT molecular complexity index is 1390. The lowest BCUT2D eigenvalue weighted by molar-refractivity contribution is -0.117. The maximum absolute atomic E-state index is 12.5. The molecule has 3 N–H and O–H groups in total. The monoisotopic (exact) mass is 633 g/mol. The van der Waals surface area contributed by atoms with Crippen LogP contribution in [0.2, 0.25) is 0 Å². The van der Waals surface area contributed by atoms with Gasteiger partial charge in [-0.3, -0.25) is 9.69 Å². The van der Waals surface area contributed by atoms with Gasteiger partial charge < -0.3 is 25.0 Å². The summed E-state index contributed by atoms with van der Waals surface area (Å²) in [5.41, 5.74) is 2.55. The molecule has 2 aromatic heterocycles. The lowest BCUT2D eigenvalue weighted by atomic mass is 10.3. The van der Waals surface area contributed by atoms with E-state index >= 15 is 0 Å². The SMILES string of the molecule is O=C(CN1CCN(Cl)CC1)Nc1cc(Oc2ccc3c(c2)nc(Nc2ccc(O)cc2)n3CI)ccn1. The fourth-order valence-corrected chi connectivity index (χ4v) is 4.85. The number of carbonyl (C=O) groups is 1. The van der Waals surface area contributed by atoms with Crippen molar-refractivity contribution in [2.45, 2.75) is 4.55 Å². The number of ether oxygens (including phenoxy) is 1. The third-order valence-corrected chi connectivity index (χ3v) is 6.90. The van der Waals surface area contributed by atoms with Crippen molar-refractivity contribution < 1.29 is 14.6 Å². The summed E-state index contributed by atoms with van der Waals surface area (Å²) in [5.74, 6) is 2.36.